The maximum atomic E-state index is 14.3. The fourth-order valence-corrected chi connectivity index (χ4v) is 8.40. The zero-order valence-corrected chi connectivity index (χ0v) is 32.9. The number of esters is 1. The van der Waals surface area contributed by atoms with Crippen molar-refractivity contribution in [2.75, 3.05) is 25.9 Å². The zero-order valence-electron chi connectivity index (χ0n) is 32.9. The van der Waals surface area contributed by atoms with Crippen LogP contribution in [0.3, 0.4) is 0 Å². The van der Waals surface area contributed by atoms with Gasteiger partial charge in [0.25, 0.3) is 0 Å². The van der Waals surface area contributed by atoms with Crippen LogP contribution in [0, 0.1) is 17.8 Å². The van der Waals surface area contributed by atoms with E-state index in [2.05, 4.69) is 22.6 Å². The summed E-state index contributed by atoms with van der Waals surface area (Å²) in [4.78, 5) is 44.2. The number of aromatic nitrogens is 3. The number of carbonyl (C=O) groups excluding carboxylic acids is 3. The second kappa shape index (κ2) is 17.5. The number of fused-ring (bicyclic) bond motifs is 1. The summed E-state index contributed by atoms with van der Waals surface area (Å²) in [6, 6.07) is 16.2. The molecule has 2 aromatic carbocycles. The van der Waals surface area contributed by atoms with Crippen LogP contribution in [0.15, 0.2) is 60.8 Å². The third kappa shape index (κ3) is 9.00. The average molecular weight is 741 g/mol. The number of cyclic esters (lactones) is 1. The van der Waals surface area contributed by atoms with E-state index < -0.39 is 53.1 Å². The van der Waals surface area contributed by atoms with Crippen molar-refractivity contribution in [3.8, 4) is 11.3 Å². The van der Waals surface area contributed by atoms with Gasteiger partial charge in [-0.3, -0.25) is 19.2 Å². The lowest BCUT2D eigenvalue weighted by Gasteiger charge is -2.41. The third-order valence-corrected chi connectivity index (χ3v) is 11.6. The number of unbranched alkanes of at least 4 members (excludes halogenated alkanes) is 1. The van der Waals surface area contributed by atoms with E-state index in [-0.39, 0.29) is 24.2 Å². The first-order valence-electron chi connectivity index (χ1n) is 19.3. The SMILES string of the molecule is [B][C@@H]1[C@@H](C)C(=O)[C@@H](Cc2ccccc2)C(=O)O[C@H](CC)[C@@]2(C)OC(=O)N(CCCCn3cc(-c4cccc(N)c4)nn3)[C@@H]2[C@@H](C)NC[C@H](C)C[C@@]1(C)OC. The molecule has 2 saturated heterocycles. The molecule has 5 rings (SSSR count). The van der Waals surface area contributed by atoms with Crippen molar-refractivity contribution >= 4 is 31.4 Å². The van der Waals surface area contributed by atoms with Crippen LogP contribution in [0.25, 0.3) is 11.3 Å². The Bertz CT molecular complexity index is 1740. The Balaban J connectivity index is 1.40. The molecule has 13 heteroatoms. The summed E-state index contributed by atoms with van der Waals surface area (Å²) < 4.78 is 20.4. The Kier molecular flexibility index (Phi) is 13.3. The van der Waals surface area contributed by atoms with Crippen molar-refractivity contribution in [1.82, 2.24) is 25.2 Å². The van der Waals surface area contributed by atoms with E-state index in [9.17, 15) is 14.4 Å². The number of nitrogens with one attached hydrogen (secondary N) is 1. The number of nitrogen functional groups attached to an aromatic ring is 1. The number of Topliss-reactive ketones (excluding diaryl/α,β-unsaturated/α-hetero) is 1. The summed E-state index contributed by atoms with van der Waals surface area (Å²) >= 11 is 0. The standard InChI is InChI=1S/C41H57BN6O6/c1-8-34-41(6)37(48(39(51)54-41)20-13-12-19-47-25-33(45-46-47)30-17-14-18-31(43)22-30)28(4)44-24-26(2)23-40(5,52-7)36(42)27(3)35(49)32(38(50)53-34)21-29-15-10-9-11-16-29/h9-11,14-18,22,25-28,32,34,36-37,44H,8,12-13,19-21,23-24,43H2,1-7H3/t26-,27+,28-,32-,34-,36-,37-,40-,41-/m1/s1. The number of aryl methyl sites for hydroxylation is 1. The van der Waals surface area contributed by atoms with Crippen molar-refractivity contribution in [2.24, 2.45) is 17.8 Å². The van der Waals surface area contributed by atoms with Crippen LogP contribution >= 0.6 is 0 Å². The number of amides is 1. The van der Waals surface area contributed by atoms with E-state index in [1.54, 1.807) is 23.6 Å². The fraction of sp³-hybridized carbons (Fsp3) is 0.585. The van der Waals surface area contributed by atoms with E-state index in [0.29, 0.717) is 44.6 Å². The van der Waals surface area contributed by atoms with Crippen molar-refractivity contribution in [3.05, 3.63) is 66.4 Å². The summed E-state index contributed by atoms with van der Waals surface area (Å²) in [5, 5.41) is 12.3. The van der Waals surface area contributed by atoms with Crippen molar-refractivity contribution in [3.63, 3.8) is 0 Å². The van der Waals surface area contributed by atoms with Gasteiger partial charge in [0.15, 0.2) is 5.60 Å². The van der Waals surface area contributed by atoms with E-state index in [1.165, 1.54) is 0 Å². The Labute approximate surface area is 321 Å². The lowest BCUT2D eigenvalue weighted by molar-refractivity contribution is -0.171. The molecular formula is C41H57BN6O6. The first kappa shape index (κ1) is 40.9. The van der Waals surface area contributed by atoms with Gasteiger partial charge in [-0.1, -0.05) is 68.4 Å². The minimum atomic E-state index is -1.21. The summed E-state index contributed by atoms with van der Waals surface area (Å²) in [7, 11) is 8.46. The molecule has 0 saturated carbocycles. The van der Waals surface area contributed by atoms with Gasteiger partial charge in [-0.15, -0.1) is 5.10 Å². The number of rotatable bonds is 10. The van der Waals surface area contributed by atoms with Gasteiger partial charge < -0.3 is 25.3 Å². The van der Waals surface area contributed by atoms with Crippen molar-refractivity contribution in [2.45, 2.75) is 115 Å². The molecule has 2 radical (unpaired) electrons. The van der Waals surface area contributed by atoms with Crippen LogP contribution in [0.2, 0.25) is 5.82 Å². The van der Waals surface area contributed by atoms with Gasteiger partial charge in [0.2, 0.25) is 0 Å². The first-order valence-corrected chi connectivity index (χ1v) is 19.3. The smallest absolute Gasteiger partial charge is 0.410 e. The van der Waals surface area contributed by atoms with Crippen LogP contribution in [-0.4, -0.2) is 95.2 Å². The molecule has 0 unspecified atom stereocenters. The van der Waals surface area contributed by atoms with Crippen LogP contribution < -0.4 is 11.1 Å². The molecule has 0 aliphatic carbocycles. The Morgan fingerprint density at radius 1 is 1.04 bits per heavy atom. The van der Waals surface area contributed by atoms with Gasteiger partial charge in [0, 0.05) is 43.4 Å². The normalized spacial score (nSPS) is 31.3. The van der Waals surface area contributed by atoms with Gasteiger partial charge in [0.1, 0.15) is 23.5 Å². The molecule has 3 heterocycles. The average Bonchev–Trinajstić information content (AvgIpc) is 3.74. The molecule has 290 valence electrons. The van der Waals surface area contributed by atoms with Crippen LogP contribution in [0.5, 0.6) is 0 Å². The summed E-state index contributed by atoms with van der Waals surface area (Å²) in [6.45, 7) is 13.2. The molecule has 3 aromatic rings. The highest BCUT2D eigenvalue weighted by molar-refractivity contribution is 6.15. The monoisotopic (exact) mass is 740 g/mol. The molecule has 1 aromatic heterocycles. The second-order valence-corrected chi connectivity index (χ2v) is 15.7. The van der Waals surface area contributed by atoms with Gasteiger partial charge in [-0.05, 0) is 88.9 Å². The molecular weight excluding hydrogens is 683 g/mol. The molecule has 2 aliphatic rings. The van der Waals surface area contributed by atoms with Gasteiger partial charge in [0.05, 0.1) is 25.7 Å². The number of anilines is 1. The van der Waals surface area contributed by atoms with Gasteiger partial charge in [-0.2, -0.15) is 0 Å². The maximum Gasteiger partial charge on any atom is 0.410 e. The first-order chi connectivity index (χ1) is 25.7. The predicted octanol–water partition coefficient (Wildman–Crippen LogP) is 5.65. The summed E-state index contributed by atoms with van der Waals surface area (Å²) in [5.41, 5.74) is 7.02. The van der Waals surface area contributed by atoms with E-state index >= 15 is 0 Å². The van der Waals surface area contributed by atoms with E-state index in [1.807, 2.05) is 88.5 Å². The number of benzene rings is 2. The molecule has 2 aliphatic heterocycles. The van der Waals surface area contributed by atoms with Crippen molar-refractivity contribution in [1.29, 1.82) is 0 Å². The lowest BCUT2D eigenvalue weighted by Crippen LogP contribution is -2.61. The number of hydrogen-bond donors (Lipinski definition) is 2. The summed E-state index contributed by atoms with van der Waals surface area (Å²) in [6.07, 6.45) is 3.09. The highest BCUT2D eigenvalue weighted by Gasteiger charge is 2.58. The van der Waals surface area contributed by atoms with Crippen LogP contribution in [-0.2, 0) is 36.8 Å². The molecule has 1 amide bonds. The fourth-order valence-electron chi connectivity index (χ4n) is 8.40. The summed E-state index contributed by atoms with van der Waals surface area (Å²) in [5.74, 6) is -3.37. The molecule has 9 atom stereocenters. The third-order valence-electron chi connectivity index (χ3n) is 11.6. The number of nitrogens with two attached hydrogens (primary N) is 1. The predicted molar refractivity (Wildman–Crippen MR) is 209 cm³/mol. The largest absolute Gasteiger partial charge is 0.457 e. The van der Waals surface area contributed by atoms with E-state index in [0.717, 1.165) is 23.2 Å². The number of carbonyl (C=O) groups is 3. The minimum absolute atomic E-state index is 0.0912. The highest BCUT2D eigenvalue weighted by atomic mass is 16.6. The second-order valence-electron chi connectivity index (χ2n) is 15.7. The number of nitrogens with zero attached hydrogens (tertiary/aromatic N) is 4. The Morgan fingerprint density at radius 3 is 2.44 bits per heavy atom. The number of hydrogen-bond acceptors (Lipinski definition) is 10. The highest BCUT2D eigenvalue weighted by Crippen LogP contribution is 2.41. The number of methoxy groups -OCH3 is 1. The molecule has 0 spiro atoms. The molecule has 3 N–H and O–H groups in total. The number of ether oxygens (including phenoxy) is 3. The Morgan fingerprint density at radius 2 is 1.76 bits per heavy atom. The minimum Gasteiger partial charge on any atom is -0.457 e. The van der Waals surface area contributed by atoms with Gasteiger partial charge >= 0.3 is 12.1 Å². The zero-order chi connectivity index (χ0) is 39.2. The van der Waals surface area contributed by atoms with Gasteiger partial charge in [-0.25, -0.2) is 4.79 Å². The molecule has 2 fully saturated rings. The molecule has 0 bridgehead atoms. The topological polar surface area (TPSA) is 151 Å². The quantitative estimate of drug-likeness (QED) is 0.0878. The van der Waals surface area contributed by atoms with Crippen LogP contribution in [0.4, 0.5) is 10.5 Å². The lowest BCUT2D eigenvalue weighted by atomic mass is 9.62. The van der Waals surface area contributed by atoms with Crippen LogP contribution in [0.1, 0.15) is 72.8 Å². The van der Waals surface area contributed by atoms with Crippen molar-refractivity contribution < 1.29 is 28.6 Å². The molecule has 12 nitrogen and oxygen atoms in total. The Hall–Kier alpha value is -4.23. The molecule has 54 heavy (non-hydrogen) atoms. The maximum absolute atomic E-state index is 14.3. The van der Waals surface area contributed by atoms with E-state index in [4.69, 9.17) is 27.8 Å². The number of ketones is 1.